The Balaban J connectivity index is 1.99. The average Bonchev–Trinajstić information content (AvgIpc) is 2.45. The number of hydrogen-bond donors (Lipinski definition) is 1. The number of morpholine rings is 1. The monoisotopic (exact) mass is 305 g/mol. The molecule has 1 aromatic heterocycles. The molecule has 1 aliphatic rings. The van der Waals surface area contributed by atoms with Crippen molar-refractivity contribution in [1.29, 1.82) is 0 Å². The van der Waals surface area contributed by atoms with E-state index in [9.17, 15) is 4.79 Å². The molecule has 122 valence electrons. The first-order chi connectivity index (χ1) is 10.5. The summed E-state index contributed by atoms with van der Waals surface area (Å²) in [6.45, 7) is 10.5. The molecule has 5 heteroatoms. The minimum atomic E-state index is -0.115. The van der Waals surface area contributed by atoms with Crippen molar-refractivity contribution in [2.45, 2.75) is 52.5 Å². The molecule has 0 bridgehead atoms. The largest absolute Gasteiger partial charge is 0.373 e. The molecule has 1 saturated heterocycles. The third-order valence-corrected chi connectivity index (χ3v) is 3.96. The third kappa shape index (κ3) is 4.52. The Bertz CT molecular complexity index is 468. The maximum atomic E-state index is 12.7. The van der Waals surface area contributed by atoms with Crippen LogP contribution in [-0.2, 0) is 16.1 Å². The SMILES string of the molecule is CC(C)[C@@H](C(=O)NCc1ccncc1)N1C[C@@H](C)O[C@@H](C)C1. The van der Waals surface area contributed by atoms with Crippen LogP contribution in [0.15, 0.2) is 24.5 Å². The van der Waals surface area contributed by atoms with E-state index in [1.165, 1.54) is 0 Å². The smallest absolute Gasteiger partial charge is 0.237 e. The van der Waals surface area contributed by atoms with E-state index in [-0.39, 0.29) is 30.1 Å². The maximum Gasteiger partial charge on any atom is 0.237 e. The van der Waals surface area contributed by atoms with E-state index >= 15 is 0 Å². The number of nitrogens with zero attached hydrogens (tertiary/aromatic N) is 2. The van der Waals surface area contributed by atoms with Crippen LogP contribution in [0.2, 0.25) is 0 Å². The van der Waals surface area contributed by atoms with Crippen molar-refractivity contribution in [3.8, 4) is 0 Å². The molecule has 2 heterocycles. The first-order valence-electron chi connectivity index (χ1n) is 8.03. The summed E-state index contributed by atoms with van der Waals surface area (Å²) in [4.78, 5) is 18.9. The summed E-state index contributed by atoms with van der Waals surface area (Å²) >= 11 is 0. The van der Waals surface area contributed by atoms with Crippen molar-refractivity contribution in [1.82, 2.24) is 15.2 Å². The van der Waals surface area contributed by atoms with Gasteiger partial charge in [-0.2, -0.15) is 0 Å². The van der Waals surface area contributed by atoms with Crippen molar-refractivity contribution >= 4 is 5.91 Å². The number of amides is 1. The summed E-state index contributed by atoms with van der Waals surface area (Å²) in [5.41, 5.74) is 1.06. The Morgan fingerprint density at radius 3 is 2.45 bits per heavy atom. The van der Waals surface area contributed by atoms with Crippen LogP contribution >= 0.6 is 0 Å². The summed E-state index contributed by atoms with van der Waals surface area (Å²) in [6.07, 6.45) is 3.82. The fraction of sp³-hybridized carbons (Fsp3) is 0.647. The molecule has 1 aliphatic heterocycles. The number of nitrogens with one attached hydrogen (secondary N) is 1. The second-order valence-electron chi connectivity index (χ2n) is 6.47. The van der Waals surface area contributed by atoms with Gasteiger partial charge in [-0.1, -0.05) is 13.8 Å². The molecule has 0 spiro atoms. The lowest BCUT2D eigenvalue weighted by molar-refractivity contribution is -0.135. The van der Waals surface area contributed by atoms with Crippen LogP contribution in [0.3, 0.4) is 0 Å². The van der Waals surface area contributed by atoms with Gasteiger partial charge in [-0.15, -0.1) is 0 Å². The molecule has 3 atom stereocenters. The lowest BCUT2D eigenvalue weighted by Crippen LogP contribution is -2.56. The number of hydrogen-bond acceptors (Lipinski definition) is 4. The summed E-state index contributed by atoms with van der Waals surface area (Å²) < 4.78 is 5.77. The number of ether oxygens (including phenoxy) is 1. The predicted octanol–water partition coefficient (Wildman–Crippen LogP) is 1.83. The summed E-state index contributed by atoms with van der Waals surface area (Å²) in [5, 5.41) is 3.06. The molecule has 1 amide bonds. The molecule has 1 fully saturated rings. The van der Waals surface area contributed by atoms with Gasteiger partial charge in [0.1, 0.15) is 0 Å². The van der Waals surface area contributed by atoms with Crippen molar-refractivity contribution in [2.24, 2.45) is 5.92 Å². The van der Waals surface area contributed by atoms with Gasteiger partial charge in [-0.25, -0.2) is 0 Å². The van der Waals surface area contributed by atoms with E-state index in [1.807, 2.05) is 12.1 Å². The van der Waals surface area contributed by atoms with Crippen molar-refractivity contribution < 1.29 is 9.53 Å². The Hall–Kier alpha value is -1.46. The van der Waals surface area contributed by atoms with Crippen LogP contribution in [-0.4, -0.2) is 47.1 Å². The van der Waals surface area contributed by atoms with Crippen LogP contribution in [0, 0.1) is 5.92 Å². The normalized spacial score (nSPS) is 24.2. The number of carbonyl (C=O) groups is 1. The fourth-order valence-electron chi connectivity index (χ4n) is 3.13. The van der Waals surface area contributed by atoms with E-state index < -0.39 is 0 Å². The maximum absolute atomic E-state index is 12.7. The zero-order valence-corrected chi connectivity index (χ0v) is 14.0. The van der Waals surface area contributed by atoms with Crippen LogP contribution in [0.5, 0.6) is 0 Å². The van der Waals surface area contributed by atoms with E-state index in [2.05, 4.69) is 42.9 Å². The molecule has 1 N–H and O–H groups in total. The van der Waals surface area contributed by atoms with Gasteiger partial charge in [0.2, 0.25) is 5.91 Å². The summed E-state index contributed by atoms with van der Waals surface area (Å²) in [7, 11) is 0. The lowest BCUT2D eigenvalue weighted by Gasteiger charge is -2.41. The fourth-order valence-corrected chi connectivity index (χ4v) is 3.13. The number of pyridine rings is 1. The molecule has 5 nitrogen and oxygen atoms in total. The van der Waals surface area contributed by atoms with Gasteiger partial charge in [-0.3, -0.25) is 14.7 Å². The quantitative estimate of drug-likeness (QED) is 0.902. The van der Waals surface area contributed by atoms with E-state index in [1.54, 1.807) is 12.4 Å². The molecule has 0 radical (unpaired) electrons. The van der Waals surface area contributed by atoms with E-state index in [0.717, 1.165) is 18.7 Å². The highest BCUT2D eigenvalue weighted by Crippen LogP contribution is 2.18. The Morgan fingerprint density at radius 1 is 1.32 bits per heavy atom. The molecule has 1 aromatic rings. The van der Waals surface area contributed by atoms with Gasteiger partial charge < -0.3 is 10.1 Å². The molecule has 0 unspecified atom stereocenters. The van der Waals surface area contributed by atoms with Crippen molar-refractivity contribution in [3.05, 3.63) is 30.1 Å². The van der Waals surface area contributed by atoms with Gasteiger partial charge in [0.15, 0.2) is 0 Å². The van der Waals surface area contributed by atoms with Crippen LogP contribution in [0.25, 0.3) is 0 Å². The minimum Gasteiger partial charge on any atom is -0.373 e. The molecular weight excluding hydrogens is 278 g/mol. The molecular formula is C17H27N3O2. The lowest BCUT2D eigenvalue weighted by atomic mass is 9.99. The van der Waals surface area contributed by atoms with E-state index in [0.29, 0.717) is 6.54 Å². The second-order valence-corrected chi connectivity index (χ2v) is 6.47. The van der Waals surface area contributed by atoms with Crippen LogP contribution < -0.4 is 5.32 Å². The first kappa shape index (κ1) is 16.9. The summed E-state index contributed by atoms with van der Waals surface area (Å²) in [6, 6.07) is 3.73. The Morgan fingerprint density at radius 2 is 1.91 bits per heavy atom. The molecule has 0 aromatic carbocycles. The minimum absolute atomic E-state index is 0.0908. The highest BCUT2D eigenvalue weighted by atomic mass is 16.5. The third-order valence-electron chi connectivity index (χ3n) is 3.96. The van der Waals surface area contributed by atoms with Gasteiger partial charge in [0.25, 0.3) is 0 Å². The van der Waals surface area contributed by atoms with Crippen molar-refractivity contribution in [2.75, 3.05) is 13.1 Å². The van der Waals surface area contributed by atoms with Crippen molar-refractivity contribution in [3.63, 3.8) is 0 Å². The average molecular weight is 305 g/mol. The van der Waals surface area contributed by atoms with Gasteiger partial charge in [0, 0.05) is 32.0 Å². The topological polar surface area (TPSA) is 54.5 Å². The molecule has 0 saturated carbocycles. The van der Waals surface area contributed by atoms with Crippen LogP contribution in [0.1, 0.15) is 33.3 Å². The van der Waals surface area contributed by atoms with Gasteiger partial charge >= 0.3 is 0 Å². The Kier molecular flexibility index (Phi) is 5.91. The predicted molar refractivity (Wildman–Crippen MR) is 86.3 cm³/mol. The zero-order chi connectivity index (χ0) is 16.1. The molecule has 2 rings (SSSR count). The number of aromatic nitrogens is 1. The van der Waals surface area contributed by atoms with Crippen LogP contribution in [0.4, 0.5) is 0 Å². The van der Waals surface area contributed by atoms with E-state index in [4.69, 9.17) is 4.74 Å². The second kappa shape index (κ2) is 7.70. The highest BCUT2D eigenvalue weighted by Gasteiger charge is 2.33. The molecule has 0 aliphatic carbocycles. The highest BCUT2D eigenvalue weighted by molar-refractivity contribution is 5.82. The zero-order valence-electron chi connectivity index (χ0n) is 14.0. The number of carbonyl (C=O) groups excluding carboxylic acids is 1. The first-order valence-corrected chi connectivity index (χ1v) is 8.03. The van der Waals surface area contributed by atoms with Gasteiger partial charge in [0.05, 0.1) is 18.2 Å². The molecule has 22 heavy (non-hydrogen) atoms. The van der Waals surface area contributed by atoms with Gasteiger partial charge in [-0.05, 0) is 37.5 Å². The Labute approximate surface area is 133 Å². The number of rotatable bonds is 5. The summed E-state index contributed by atoms with van der Waals surface area (Å²) in [5.74, 6) is 0.350. The standard InChI is InChI=1S/C17H27N3O2/c1-12(2)16(20-10-13(3)22-14(4)11-20)17(21)19-9-15-5-7-18-8-6-15/h5-8,12-14,16H,9-11H2,1-4H3,(H,19,21)/t13-,14+,16-/m0/s1.